The standard InChI is InChI=1S/C23H37N3O2/c1-5-8-11-18(7-3)22(27)25-19-12-13-21(26-14-9-10-15-26)20(16-19)23(28)24-17(4)6-2/h12-13,16-18H,5-11,14-15H2,1-4H3,(H,24,28)(H,25,27)/t17-,18+/m1/s1. The Labute approximate surface area is 170 Å². The Bertz CT molecular complexity index is 653. The molecule has 0 spiro atoms. The van der Waals surface area contributed by atoms with Crippen molar-refractivity contribution in [2.45, 2.75) is 78.7 Å². The largest absolute Gasteiger partial charge is 0.371 e. The molecule has 0 aliphatic carbocycles. The van der Waals surface area contributed by atoms with Gasteiger partial charge in [-0.3, -0.25) is 9.59 Å². The SMILES string of the molecule is CCCC[C@H](CC)C(=O)Nc1ccc(N2CCCC2)c(C(=O)N[C@H](C)CC)c1. The lowest BCUT2D eigenvalue weighted by atomic mass is 9.98. The van der Waals surface area contributed by atoms with Gasteiger partial charge in [0.05, 0.1) is 5.56 Å². The molecule has 0 unspecified atom stereocenters. The van der Waals surface area contributed by atoms with Crippen molar-refractivity contribution in [2.24, 2.45) is 5.92 Å². The number of rotatable bonds is 10. The molecule has 1 aliphatic heterocycles. The zero-order valence-corrected chi connectivity index (χ0v) is 18.0. The van der Waals surface area contributed by atoms with E-state index in [2.05, 4.69) is 36.3 Å². The fraction of sp³-hybridized carbons (Fsp3) is 0.652. The van der Waals surface area contributed by atoms with E-state index in [9.17, 15) is 9.59 Å². The highest BCUT2D eigenvalue weighted by molar-refractivity contribution is 6.02. The predicted molar refractivity (Wildman–Crippen MR) is 117 cm³/mol. The zero-order chi connectivity index (χ0) is 20.5. The summed E-state index contributed by atoms with van der Waals surface area (Å²) in [6.07, 6.45) is 7.08. The summed E-state index contributed by atoms with van der Waals surface area (Å²) in [4.78, 5) is 27.9. The lowest BCUT2D eigenvalue weighted by Crippen LogP contribution is -2.33. The second-order valence-electron chi connectivity index (χ2n) is 7.95. The van der Waals surface area contributed by atoms with Gasteiger partial charge in [0.1, 0.15) is 0 Å². The van der Waals surface area contributed by atoms with Gasteiger partial charge in [0.15, 0.2) is 0 Å². The van der Waals surface area contributed by atoms with E-state index in [0.717, 1.165) is 63.7 Å². The molecule has 1 saturated heterocycles. The van der Waals surface area contributed by atoms with Gasteiger partial charge in [-0.1, -0.05) is 33.6 Å². The first-order valence-electron chi connectivity index (χ1n) is 11.0. The fourth-order valence-corrected chi connectivity index (χ4v) is 3.65. The Morgan fingerprint density at radius 3 is 2.43 bits per heavy atom. The minimum absolute atomic E-state index is 0.0237. The van der Waals surface area contributed by atoms with Crippen LogP contribution in [0.2, 0.25) is 0 Å². The van der Waals surface area contributed by atoms with Crippen LogP contribution in [0.3, 0.4) is 0 Å². The third-order valence-electron chi connectivity index (χ3n) is 5.72. The van der Waals surface area contributed by atoms with E-state index in [4.69, 9.17) is 0 Å². The van der Waals surface area contributed by atoms with Crippen molar-refractivity contribution >= 4 is 23.2 Å². The number of amides is 2. The Morgan fingerprint density at radius 2 is 1.82 bits per heavy atom. The topological polar surface area (TPSA) is 61.4 Å². The van der Waals surface area contributed by atoms with Crippen LogP contribution in [0, 0.1) is 5.92 Å². The summed E-state index contributed by atoms with van der Waals surface area (Å²) < 4.78 is 0. The second kappa shape index (κ2) is 11.1. The highest BCUT2D eigenvalue weighted by atomic mass is 16.2. The van der Waals surface area contributed by atoms with E-state index in [-0.39, 0.29) is 23.8 Å². The van der Waals surface area contributed by atoms with Gasteiger partial charge in [-0.2, -0.15) is 0 Å². The molecule has 1 aliphatic rings. The van der Waals surface area contributed by atoms with Crippen LogP contribution in [0.15, 0.2) is 18.2 Å². The first kappa shape index (κ1) is 22.3. The summed E-state index contributed by atoms with van der Waals surface area (Å²) in [7, 11) is 0. The summed E-state index contributed by atoms with van der Waals surface area (Å²) in [5, 5.41) is 6.12. The second-order valence-corrected chi connectivity index (χ2v) is 7.95. The summed E-state index contributed by atoms with van der Waals surface area (Å²) >= 11 is 0. The van der Waals surface area contributed by atoms with Gasteiger partial charge >= 0.3 is 0 Å². The summed E-state index contributed by atoms with van der Waals surface area (Å²) in [6, 6.07) is 5.88. The molecule has 1 aromatic rings. The van der Waals surface area contributed by atoms with E-state index >= 15 is 0 Å². The summed E-state index contributed by atoms with van der Waals surface area (Å²) in [6.45, 7) is 10.2. The number of benzene rings is 1. The van der Waals surface area contributed by atoms with E-state index in [1.807, 2.05) is 25.1 Å². The molecule has 1 fully saturated rings. The average Bonchev–Trinajstić information content (AvgIpc) is 3.23. The number of anilines is 2. The normalized spacial score (nSPS) is 15.9. The molecule has 28 heavy (non-hydrogen) atoms. The number of unbranched alkanes of at least 4 members (excludes halogenated alkanes) is 1. The molecular weight excluding hydrogens is 350 g/mol. The molecule has 2 N–H and O–H groups in total. The quantitative estimate of drug-likeness (QED) is 0.596. The van der Waals surface area contributed by atoms with Crippen LogP contribution in [0.1, 0.15) is 83.0 Å². The molecule has 2 amide bonds. The van der Waals surface area contributed by atoms with Gasteiger partial charge in [-0.05, 0) is 57.2 Å². The van der Waals surface area contributed by atoms with Gasteiger partial charge in [0.25, 0.3) is 5.91 Å². The Morgan fingerprint density at radius 1 is 1.11 bits per heavy atom. The van der Waals surface area contributed by atoms with Crippen LogP contribution in [0.4, 0.5) is 11.4 Å². The van der Waals surface area contributed by atoms with Crippen LogP contribution in [0.25, 0.3) is 0 Å². The molecule has 0 aromatic heterocycles. The molecule has 2 rings (SSSR count). The van der Waals surface area contributed by atoms with Gasteiger partial charge in [0.2, 0.25) is 5.91 Å². The highest BCUT2D eigenvalue weighted by Gasteiger charge is 2.22. The van der Waals surface area contributed by atoms with E-state index < -0.39 is 0 Å². The Balaban J connectivity index is 2.22. The minimum Gasteiger partial charge on any atom is -0.371 e. The predicted octanol–water partition coefficient (Wildman–Crippen LogP) is 4.97. The molecule has 0 radical (unpaired) electrons. The molecule has 0 bridgehead atoms. The summed E-state index contributed by atoms with van der Waals surface area (Å²) in [5.74, 6) is 0.0131. The number of nitrogens with zero attached hydrogens (tertiary/aromatic N) is 1. The molecule has 0 saturated carbocycles. The van der Waals surface area contributed by atoms with Gasteiger partial charge in [-0.15, -0.1) is 0 Å². The molecule has 1 heterocycles. The molecule has 5 heteroatoms. The van der Waals surface area contributed by atoms with Crippen molar-refractivity contribution in [2.75, 3.05) is 23.3 Å². The first-order chi connectivity index (χ1) is 13.5. The zero-order valence-electron chi connectivity index (χ0n) is 18.0. The van der Waals surface area contributed by atoms with Crippen LogP contribution in [-0.2, 0) is 4.79 Å². The molecule has 5 nitrogen and oxygen atoms in total. The van der Waals surface area contributed by atoms with E-state index in [1.54, 1.807) is 0 Å². The van der Waals surface area contributed by atoms with Crippen molar-refractivity contribution in [3.8, 4) is 0 Å². The Kier molecular flexibility index (Phi) is 8.81. The fourth-order valence-electron chi connectivity index (χ4n) is 3.65. The monoisotopic (exact) mass is 387 g/mol. The van der Waals surface area contributed by atoms with Gasteiger partial charge in [-0.25, -0.2) is 0 Å². The first-order valence-corrected chi connectivity index (χ1v) is 11.0. The van der Waals surface area contributed by atoms with E-state index in [0.29, 0.717) is 11.3 Å². The maximum absolute atomic E-state index is 12.9. The van der Waals surface area contributed by atoms with Crippen molar-refractivity contribution < 1.29 is 9.59 Å². The maximum atomic E-state index is 12.9. The number of hydrogen-bond donors (Lipinski definition) is 2. The molecular formula is C23H37N3O2. The van der Waals surface area contributed by atoms with Crippen molar-refractivity contribution in [1.82, 2.24) is 5.32 Å². The highest BCUT2D eigenvalue weighted by Crippen LogP contribution is 2.28. The molecule has 1 aromatic carbocycles. The molecule has 2 atom stereocenters. The van der Waals surface area contributed by atoms with Crippen LogP contribution < -0.4 is 15.5 Å². The summed E-state index contributed by atoms with van der Waals surface area (Å²) in [5.41, 5.74) is 2.33. The van der Waals surface area contributed by atoms with Crippen LogP contribution in [-0.4, -0.2) is 30.9 Å². The number of hydrogen-bond acceptors (Lipinski definition) is 3. The molecule has 156 valence electrons. The third-order valence-corrected chi connectivity index (χ3v) is 5.72. The maximum Gasteiger partial charge on any atom is 0.253 e. The smallest absolute Gasteiger partial charge is 0.253 e. The van der Waals surface area contributed by atoms with Crippen LogP contribution >= 0.6 is 0 Å². The average molecular weight is 388 g/mol. The van der Waals surface area contributed by atoms with Gasteiger partial charge < -0.3 is 15.5 Å². The lowest BCUT2D eigenvalue weighted by molar-refractivity contribution is -0.120. The van der Waals surface area contributed by atoms with E-state index in [1.165, 1.54) is 0 Å². The van der Waals surface area contributed by atoms with Crippen molar-refractivity contribution in [3.63, 3.8) is 0 Å². The minimum atomic E-state index is -0.0645. The van der Waals surface area contributed by atoms with Crippen molar-refractivity contribution in [3.05, 3.63) is 23.8 Å². The van der Waals surface area contributed by atoms with Gasteiger partial charge in [0, 0.05) is 36.4 Å². The Hall–Kier alpha value is -2.04. The number of nitrogens with one attached hydrogen (secondary N) is 2. The van der Waals surface area contributed by atoms with Crippen LogP contribution in [0.5, 0.6) is 0 Å². The van der Waals surface area contributed by atoms with Crippen molar-refractivity contribution in [1.29, 1.82) is 0 Å². The lowest BCUT2D eigenvalue weighted by Gasteiger charge is -2.23. The number of carbonyl (C=O) groups excluding carboxylic acids is 2. The number of carbonyl (C=O) groups is 2. The third kappa shape index (κ3) is 5.98.